The van der Waals surface area contributed by atoms with Crippen molar-refractivity contribution in [3.05, 3.63) is 60.2 Å². The Morgan fingerprint density at radius 1 is 0.935 bits per heavy atom. The molecule has 1 amide bonds. The van der Waals surface area contributed by atoms with Crippen LogP contribution in [0.3, 0.4) is 0 Å². The Morgan fingerprint density at radius 2 is 1.68 bits per heavy atom. The minimum absolute atomic E-state index is 0.0997. The van der Waals surface area contributed by atoms with Crippen molar-refractivity contribution >= 4 is 17.3 Å². The smallest absolute Gasteiger partial charge is 0.238 e. The molecule has 0 aromatic heterocycles. The zero-order valence-electron chi connectivity index (χ0n) is 18.8. The summed E-state index contributed by atoms with van der Waals surface area (Å²) < 4.78 is 0. The van der Waals surface area contributed by atoms with Crippen LogP contribution in [0.15, 0.2) is 54.6 Å². The lowest BCUT2D eigenvalue weighted by Gasteiger charge is -2.36. The number of benzene rings is 2. The number of amides is 1. The van der Waals surface area contributed by atoms with Gasteiger partial charge in [0.15, 0.2) is 0 Å². The Labute approximate surface area is 187 Å². The first-order valence-electron chi connectivity index (χ1n) is 11.9. The summed E-state index contributed by atoms with van der Waals surface area (Å²) in [6.07, 6.45) is 4.84. The van der Waals surface area contributed by atoms with Crippen LogP contribution in [-0.2, 0) is 11.3 Å². The van der Waals surface area contributed by atoms with E-state index in [0.29, 0.717) is 12.6 Å². The zero-order chi connectivity index (χ0) is 21.5. The number of hydrogen-bond donors (Lipinski definition) is 1. The second-order valence-corrected chi connectivity index (χ2v) is 8.87. The lowest BCUT2D eigenvalue weighted by molar-refractivity contribution is -0.118. The molecular weight excluding hydrogens is 384 g/mol. The van der Waals surface area contributed by atoms with Crippen molar-refractivity contribution in [3.63, 3.8) is 0 Å². The lowest BCUT2D eigenvalue weighted by Crippen LogP contribution is -2.45. The highest BCUT2D eigenvalue weighted by Gasteiger charge is 2.23. The van der Waals surface area contributed by atoms with E-state index in [2.05, 4.69) is 69.4 Å². The van der Waals surface area contributed by atoms with E-state index in [1.54, 1.807) is 0 Å². The molecule has 2 aromatic rings. The van der Waals surface area contributed by atoms with E-state index in [4.69, 9.17) is 0 Å². The van der Waals surface area contributed by atoms with Crippen molar-refractivity contribution in [3.8, 4) is 0 Å². The maximum Gasteiger partial charge on any atom is 0.238 e. The van der Waals surface area contributed by atoms with Crippen LogP contribution in [0.25, 0.3) is 0 Å². The lowest BCUT2D eigenvalue weighted by atomic mass is 10.00. The van der Waals surface area contributed by atoms with Crippen LogP contribution < -0.4 is 10.2 Å². The summed E-state index contributed by atoms with van der Waals surface area (Å²) in [7, 11) is 0. The number of carbonyl (C=O) groups is 1. The number of carbonyl (C=O) groups excluding carboxylic acids is 1. The van der Waals surface area contributed by atoms with Gasteiger partial charge in [0.05, 0.1) is 6.54 Å². The fraction of sp³-hybridized carbons (Fsp3) is 0.500. The fourth-order valence-electron chi connectivity index (χ4n) is 4.88. The molecule has 0 aliphatic carbocycles. The van der Waals surface area contributed by atoms with Gasteiger partial charge in [0.1, 0.15) is 0 Å². The summed E-state index contributed by atoms with van der Waals surface area (Å²) in [5.41, 5.74) is 3.51. The van der Waals surface area contributed by atoms with Crippen LogP contribution in [0.2, 0.25) is 0 Å². The van der Waals surface area contributed by atoms with Gasteiger partial charge in [0, 0.05) is 50.1 Å². The maximum atomic E-state index is 12.5. The average molecular weight is 421 g/mol. The van der Waals surface area contributed by atoms with Crippen LogP contribution >= 0.6 is 0 Å². The molecule has 1 atom stereocenters. The van der Waals surface area contributed by atoms with Gasteiger partial charge in [-0.15, -0.1) is 0 Å². The van der Waals surface area contributed by atoms with Crippen LogP contribution in [0.4, 0.5) is 11.4 Å². The predicted molar refractivity (Wildman–Crippen MR) is 129 cm³/mol. The second-order valence-electron chi connectivity index (χ2n) is 8.87. The maximum absolute atomic E-state index is 12.5. The standard InChI is InChI=1S/C26H36N4O/c1-2-24-10-6-7-15-30(24)21-26(31)27-23-11-13-25(14-12-23)29-18-16-28(17-19-29)20-22-8-4-3-5-9-22/h3-5,8-9,11-14,24H,2,6-7,10,15-21H2,1H3,(H,27,31). The van der Waals surface area contributed by atoms with Crippen molar-refractivity contribution in [1.29, 1.82) is 0 Å². The molecule has 5 nitrogen and oxygen atoms in total. The van der Waals surface area contributed by atoms with Crippen LogP contribution in [0.1, 0.15) is 38.2 Å². The Hall–Kier alpha value is -2.37. The molecule has 2 aromatic carbocycles. The molecule has 0 saturated carbocycles. The number of piperazine rings is 1. The highest BCUT2D eigenvalue weighted by atomic mass is 16.2. The van der Waals surface area contributed by atoms with Gasteiger partial charge >= 0.3 is 0 Å². The summed E-state index contributed by atoms with van der Waals surface area (Å²) in [4.78, 5) is 19.9. The number of nitrogens with one attached hydrogen (secondary N) is 1. The number of piperidine rings is 1. The molecule has 166 valence electrons. The summed E-state index contributed by atoms with van der Waals surface area (Å²) in [6, 6.07) is 19.6. The van der Waals surface area contributed by atoms with Crippen LogP contribution in [0.5, 0.6) is 0 Å². The van der Waals surface area contributed by atoms with Gasteiger partial charge in [0.2, 0.25) is 5.91 Å². The highest BCUT2D eigenvalue weighted by molar-refractivity contribution is 5.92. The van der Waals surface area contributed by atoms with Crippen molar-refractivity contribution < 1.29 is 4.79 Å². The van der Waals surface area contributed by atoms with E-state index < -0.39 is 0 Å². The fourth-order valence-corrected chi connectivity index (χ4v) is 4.88. The van der Waals surface area contributed by atoms with E-state index in [-0.39, 0.29) is 5.91 Å². The normalized spacial score (nSPS) is 20.5. The number of rotatable bonds is 7. The molecule has 5 heteroatoms. The molecule has 2 saturated heterocycles. The third-order valence-corrected chi connectivity index (χ3v) is 6.70. The first-order chi connectivity index (χ1) is 15.2. The predicted octanol–water partition coefficient (Wildman–Crippen LogP) is 4.21. The third kappa shape index (κ3) is 6.08. The monoisotopic (exact) mass is 420 g/mol. The summed E-state index contributed by atoms with van der Waals surface area (Å²) >= 11 is 0. The molecule has 0 spiro atoms. The molecule has 0 bridgehead atoms. The number of nitrogens with zero attached hydrogens (tertiary/aromatic N) is 3. The van der Waals surface area contributed by atoms with Crippen molar-refractivity contribution in [1.82, 2.24) is 9.80 Å². The van der Waals surface area contributed by atoms with Gasteiger partial charge in [0.25, 0.3) is 0 Å². The molecule has 1 unspecified atom stereocenters. The van der Waals surface area contributed by atoms with E-state index >= 15 is 0 Å². The van der Waals surface area contributed by atoms with Gasteiger partial charge in [-0.25, -0.2) is 0 Å². The van der Waals surface area contributed by atoms with Gasteiger partial charge in [-0.2, -0.15) is 0 Å². The third-order valence-electron chi connectivity index (χ3n) is 6.70. The summed E-state index contributed by atoms with van der Waals surface area (Å²) in [5, 5.41) is 3.09. The molecule has 1 N–H and O–H groups in total. The van der Waals surface area contributed by atoms with Gasteiger partial charge in [-0.05, 0) is 55.6 Å². The van der Waals surface area contributed by atoms with Crippen LogP contribution in [-0.4, -0.2) is 61.0 Å². The van der Waals surface area contributed by atoms with Gasteiger partial charge in [-0.3, -0.25) is 14.6 Å². The highest BCUT2D eigenvalue weighted by Crippen LogP contribution is 2.22. The molecule has 2 heterocycles. The molecule has 2 aliphatic rings. The largest absolute Gasteiger partial charge is 0.369 e. The summed E-state index contributed by atoms with van der Waals surface area (Å²) in [5.74, 6) is 0.0997. The zero-order valence-corrected chi connectivity index (χ0v) is 18.8. The topological polar surface area (TPSA) is 38.8 Å². The Bertz CT molecular complexity index is 815. The molecule has 2 aliphatic heterocycles. The first-order valence-corrected chi connectivity index (χ1v) is 11.9. The minimum Gasteiger partial charge on any atom is -0.369 e. The minimum atomic E-state index is 0.0997. The summed E-state index contributed by atoms with van der Waals surface area (Å²) in [6.45, 7) is 9.00. The molecule has 4 rings (SSSR count). The van der Waals surface area contributed by atoms with E-state index in [1.807, 2.05) is 12.1 Å². The Kier molecular flexibility index (Phi) is 7.60. The van der Waals surface area contributed by atoms with Crippen LogP contribution in [0, 0.1) is 0 Å². The first kappa shape index (κ1) is 21.8. The molecule has 2 fully saturated rings. The Morgan fingerprint density at radius 3 is 2.39 bits per heavy atom. The van der Waals surface area contributed by atoms with E-state index in [9.17, 15) is 4.79 Å². The average Bonchev–Trinajstić information content (AvgIpc) is 2.81. The quantitative estimate of drug-likeness (QED) is 0.728. The van der Waals surface area contributed by atoms with E-state index in [1.165, 1.54) is 30.5 Å². The molecular formula is C26H36N4O. The number of hydrogen-bond acceptors (Lipinski definition) is 4. The Balaban J connectivity index is 1.24. The van der Waals surface area contributed by atoms with Gasteiger partial charge < -0.3 is 10.2 Å². The molecule has 31 heavy (non-hydrogen) atoms. The second kappa shape index (κ2) is 10.8. The number of likely N-dealkylation sites (tertiary alicyclic amines) is 1. The van der Waals surface area contributed by atoms with Crippen molar-refractivity contribution in [2.75, 3.05) is 49.5 Å². The molecule has 0 radical (unpaired) electrons. The van der Waals surface area contributed by atoms with E-state index in [0.717, 1.165) is 51.4 Å². The SMILES string of the molecule is CCC1CCCCN1CC(=O)Nc1ccc(N2CCN(Cc3ccccc3)CC2)cc1. The van der Waals surface area contributed by atoms with Crippen molar-refractivity contribution in [2.24, 2.45) is 0 Å². The van der Waals surface area contributed by atoms with Crippen molar-refractivity contribution in [2.45, 2.75) is 45.2 Å². The van der Waals surface area contributed by atoms with Gasteiger partial charge in [-0.1, -0.05) is 43.7 Å². The number of anilines is 2.